The number of carbonyl (C=O) groups is 1. The molecule has 4 aromatic rings. The Morgan fingerprint density at radius 3 is 2.10 bits per heavy atom. The largest absolute Gasteiger partial charge is 0.349 e. The lowest BCUT2D eigenvalue weighted by atomic mass is 10.1. The van der Waals surface area contributed by atoms with Crippen LogP contribution in [0.1, 0.15) is 16.7 Å². The quantitative estimate of drug-likeness (QED) is 0.510. The number of para-hydroxylation sites is 2. The summed E-state index contributed by atoms with van der Waals surface area (Å²) in [6, 6.07) is 21.9. The van der Waals surface area contributed by atoms with Crippen LogP contribution in [0.4, 0.5) is 10.5 Å². The summed E-state index contributed by atoms with van der Waals surface area (Å²) in [7, 11) is 0. The Hall–Kier alpha value is -3.71. The maximum atomic E-state index is 13.5. The van der Waals surface area contributed by atoms with Crippen molar-refractivity contribution in [2.45, 2.75) is 20.8 Å². The molecule has 4 rings (SSSR count). The van der Waals surface area contributed by atoms with Crippen LogP contribution < -0.4 is 15.8 Å². The third kappa shape index (κ3) is 4.27. The summed E-state index contributed by atoms with van der Waals surface area (Å²) in [4.78, 5) is 30.7. The molecule has 0 radical (unpaired) electrons. The summed E-state index contributed by atoms with van der Waals surface area (Å²) in [5.41, 5.74) is 4.83. The van der Waals surface area contributed by atoms with Gasteiger partial charge >= 0.3 is 11.7 Å². The van der Waals surface area contributed by atoms with Crippen molar-refractivity contribution in [2.24, 2.45) is 4.99 Å². The lowest BCUT2D eigenvalue weighted by molar-refractivity contribution is 0.259. The van der Waals surface area contributed by atoms with E-state index in [-0.39, 0.29) is 5.69 Å². The number of aryl methyl sites for hydroxylation is 3. The van der Waals surface area contributed by atoms with Crippen LogP contribution in [0.2, 0.25) is 0 Å². The number of rotatable bonds is 3. The van der Waals surface area contributed by atoms with Crippen molar-refractivity contribution in [3.63, 3.8) is 0 Å². The highest BCUT2D eigenvalue weighted by atomic mass is 32.1. The van der Waals surface area contributed by atoms with Crippen LogP contribution in [-0.2, 0) is 0 Å². The number of nitrogens with one attached hydrogen (secondary N) is 1. The van der Waals surface area contributed by atoms with Crippen molar-refractivity contribution in [1.82, 2.24) is 8.52 Å². The van der Waals surface area contributed by atoms with Crippen LogP contribution in [0.5, 0.6) is 0 Å². The number of hydrogen-bond donors (Lipinski definition) is 1. The molecule has 0 aliphatic carbocycles. The molecule has 0 aliphatic rings. The molecule has 6 nitrogen and oxygen atoms in total. The molecule has 0 atom stereocenters. The van der Waals surface area contributed by atoms with Gasteiger partial charge in [0.1, 0.15) is 0 Å². The van der Waals surface area contributed by atoms with Crippen molar-refractivity contribution in [3.05, 3.63) is 105 Å². The van der Waals surface area contributed by atoms with Crippen LogP contribution in [0.15, 0.2) is 82.6 Å². The molecular weight excluding hydrogens is 408 g/mol. The molecule has 1 aromatic heterocycles. The lowest BCUT2D eigenvalue weighted by Gasteiger charge is -2.11. The van der Waals surface area contributed by atoms with E-state index in [9.17, 15) is 9.59 Å². The highest BCUT2D eigenvalue weighted by molar-refractivity contribution is 7.03. The minimum absolute atomic E-state index is 0.266. The van der Waals surface area contributed by atoms with E-state index >= 15 is 0 Å². The predicted octanol–water partition coefficient (Wildman–Crippen LogP) is 4.75. The van der Waals surface area contributed by atoms with Gasteiger partial charge < -0.3 is 5.32 Å². The van der Waals surface area contributed by atoms with Crippen LogP contribution in [0.3, 0.4) is 0 Å². The molecule has 0 spiro atoms. The highest BCUT2D eigenvalue weighted by Crippen LogP contribution is 2.19. The number of anilines is 1. The SMILES string of the molecule is Cc1cc(C)c(-n2c(=O)n(-c3ccccc3)s/c2=N\C(=O)Nc2ccccc2)c(C)c1. The Bertz CT molecular complexity index is 1340. The molecule has 0 bridgehead atoms. The average Bonchev–Trinajstić information content (AvgIpc) is 3.04. The van der Waals surface area contributed by atoms with Crippen molar-refractivity contribution in [3.8, 4) is 11.4 Å². The van der Waals surface area contributed by atoms with E-state index in [0.29, 0.717) is 10.5 Å². The zero-order chi connectivity index (χ0) is 22.0. The zero-order valence-corrected chi connectivity index (χ0v) is 18.3. The molecule has 7 heteroatoms. The number of benzene rings is 3. The number of urea groups is 1. The van der Waals surface area contributed by atoms with Gasteiger partial charge in [0.25, 0.3) is 0 Å². The lowest BCUT2D eigenvalue weighted by Crippen LogP contribution is -2.29. The summed E-state index contributed by atoms with van der Waals surface area (Å²) >= 11 is 1.13. The first-order chi connectivity index (χ1) is 14.9. The fourth-order valence-electron chi connectivity index (χ4n) is 3.61. The number of amides is 2. The molecular formula is C24H22N4O2S. The average molecular weight is 431 g/mol. The van der Waals surface area contributed by atoms with Gasteiger partial charge in [0, 0.05) is 5.69 Å². The van der Waals surface area contributed by atoms with Crippen LogP contribution in [0, 0.1) is 20.8 Å². The molecule has 0 unspecified atom stereocenters. The maximum absolute atomic E-state index is 13.5. The molecule has 0 fully saturated rings. The minimum Gasteiger partial charge on any atom is -0.306 e. The smallest absolute Gasteiger partial charge is 0.306 e. The number of nitrogens with zero attached hydrogens (tertiary/aromatic N) is 3. The van der Waals surface area contributed by atoms with Gasteiger partial charge in [-0.3, -0.25) is 0 Å². The Morgan fingerprint density at radius 1 is 0.903 bits per heavy atom. The Kier molecular flexibility index (Phi) is 5.68. The maximum Gasteiger partial charge on any atom is 0.349 e. The second kappa shape index (κ2) is 8.57. The summed E-state index contributed by atoms with van der Waals surface area (Å²) in [6.07, 6.45) is 0. The third-order valence-electron chi connectivity index (χ3n) is 4.80. The number of hydrogen-bond acceptors (Lipinski definition) is 3. The van der Waals surface area contributed by atoms with Crippen molar-refractivity contribution in [1.29, 1.82) is 0 Å². The van der Waals surface area contributed by atoms with Gasteiger partial charge in [0.2, 0.25) is 4.80 Å². The summed E-state index contributed by atoms with van der Waals surface area (Å²) in [5, 5.41) is 2.75. The molecule has 31 heavy (non-hydrogen) atoms. The van der Waals surface area contributed by atoms with Gasteiger partial charge in [0.05, 0.1) is 11.4 Å². The van der Waals surface area contributed by atoms with Crippen LogP contribution >= 0.6 is 11.5 Å². The molecule has 1 heterocycles. The molecule has 0 saturated heterocycles. The molecule has 1 N–H and O–H groups in total. The van der Waals surface area contributed by atoms with E-state index < -0.39 is 6.03 Å². The predicted molar refractivity (Wildman–Crippen MR) is 124 cm³/mol. The van der Waals surface area contributed by atoms with Gasteiger partial charge in [-0.1, -0.05) is 54.1 Å². The van der Waals surface area contributed by atoms with E-state index in [1.807, 2.05) is 81.4 Å². The molecule has 3 aromatic carbocycles. The molecule has 0 saturated carbocycles. The highest BCUT2D eigenvalue weighted by Gasteiger charge is 2.17. The first kappa shape index (κ1) is 20.6. The monoisotopic (exact) mass is 430 g/mol. The van der Waals surface area contributed by atoms with Gasteiger partial charge in [-0.15, -0.1) is 0 Å². The Morgan fingerprint density at radius 2 is 1.48 bits per heavy atom. The second-order valence-electron chi connectivity index (χ2n) is 7.28. The van der Waals surface area contributed by atoms with Crippen molar-refractivity contribution < 1.29 is 4.79 Å². The Labute approximate surface area is 183 Å². The Balaban J connectivity index is 1.92. The van der Waals surface area contributed by atoms with E-state index in [1.54, 1.807) is 16.1 Å². The normalized spacial score (nSPS) is 11.5. The van der Waals surface area contributed by atoms with E-state index in [0.717, 1.165) is 39.6 Å². The standard InChI is InChI=1S/C24H22N4O2S/c1-16-14-17(2)21(18(3)15-16)27-23(26-22(29)25-19-10-6-4-7-11-19)31-28(24(27)30)20-12-8-5-9-13-20/h4-15H,1-3H3,(H,25,29)/b26-23-. The van der Waals surface area contributed by atoms with Gasteiger partial charge in [-0.2, -0.15) is 4.99 Å². The molecule has 2 amide bonds. The van der Waals surface area contributed by atoms with Crippen LogP contribution in [-0.4, -0.2) is 14.6 Å². The molecule has 156 valence electrons. The minimum atomic E-state index is -0.538. The first-order valence-electron chi connectivity index (χ1n) is 9.84. The van der Waals surface area contributed by atoms with E-state index in [1.165, 1.54) is 4.57 Å². The van der Waals surface area contributed by atoms with Gasteiger partial charge in [0.15, 0.2) is 0 Å². The number of aromatic nitrogens is 2. The number of carbonyl (C=O) groups excluding carboxylic acids is 1. The van der Waals surface area contributed by atoms with Crippen molar-refractivity contribution in [2.75, 3.05) is 5.32 Å². The third-order valence-corrected chi connectivity index (χ3v) is 5.79. The van der Waals surface area contributed by atoms with Gasteiger partial charge in [-0.05, 0) is 67.7 Å². The first-order valence-corrected chi connectivity index (χ1v) is 10.6. The second-order valence-corrected chi connectivity index (χ2v) is 8.19. The van der Waals surface area contributed by atoms with E-state index in [4.69, 9.17) is 0 Å². The summed E-state index contributed by atoms with van der Waals surface area (Å²) in [5.74, 6) is 0. The van der Waals surface area contributed by atoms with Crippen LogP contribution in [0.25, 0.3) is 11.4 Å². The van der Waals surface area contributed by atoms with E-state index in [2.05, 4.69) is 10.3 Å². The summed E-state index contributed by atoms with van der Waals surface area (Å²) < 4.78 is 3.07. The zero-order valence-electron chi connectivity index (χ0n) is 17.5. The van der Waals surface area contributed by atoms with Gasteiger partial charge in [-0.25, -0.2) is 18.1 Å². The molecule has 0 aliphatic heterocycles. The fourth-order valence-corrected chi connectivity index (χ4v) is 4.53. The van der Waals surface area contributed by atoms with Crippen molar-refractivity contribution >= 4 is 23.3 Å². The fraction of sp³-hybridized carbons (Fsp3) is 0.125. The summed E-state index contributed by atoms with van der Waals surface area (Å²) in [6.45, 7) is 5.93. The topological polar surface area (TPSA) is 68.4 Å².